The molecule has 0 bridgehead atoms. The minimum Gasteiger partial charge on any atom is -0.441 e. The number of carbonyl (C=O) groups is 2. The van der Waals surface area contributed by atoms with Crippen LogP contribution in [0.2, 0.25) is 0 Å². The first-order chi connectivity index (χ1) is 14.6. The van der Waals surface area contributed by atoms with Crippen LogP contribution >= 0.6 is 0 Å². The van der Waals surface area contributed by atoms with Crippen LogP contribution in [0, 0.1) is 5.92 Å². The molecule has 3 heterocycles. The van der Waals surface area contributed by atoms with Gasteiger partial charge in [-0.1, -0.05) is 18.2 Å². The van der Waals surface area contributed by atoms with E-state index in [2.05, 4.69) is 4.98 Å². The second-order valence-electron chi connectivity index (χ2n) is 8.37. The smallest absolute Gasteiger partial charge is 0.248 e. The first-order valence-corrected chi connectivity index (χ1v) is 10.9. The van der Waals surface area contributed by atoms with Crippen LogP contribution in [0.3, 0.4) is 0 Å². The normalized spacial score (nSPS) is 26.3. The first kappa shape index (κ1) is 19.3. The maximum Gasteiger partial charge on any atom is 0.248 e. The van der Waals surface area contributed by atoms with Crippen molar-refractivity contribution < 1.29 is 18.7 Å². The molecule has 1 aromatic heterocycles. The molecule has 1 saturated carbocycles. The van der Waals surface area contributed by atoms with E-state index in [0.29, 0.717) is 38.4 Å². The van der Waals surface area contributed by atoms with Crippen molar-refractivity contribution in [1.82, 2.24) is 14.8 Å². The van der Waals surface area contributed by atoms with Crippen molar-refractivity contribution in [3.05, 3.63) is 41.8 Å². The summed E-state index contributed by atoms with van der Waals surface area (Å²) in [7, 11) is 0. The fourth-order valence-corrected chi connectivity index (χ4v) is 5.08. The molecule has 0 unspecified atom stereocenters. The maximum absolute atomic E-state index is 13.3. The average molecular weight is 409 g/mol. The molecule has 0 radical (unpaired) electrons. The van der Waals surface area contributed by atoms with Gasteiger partial charge >= 0.3 is 0 Å². The molecule has 7 nitrogen and oxygen atoms in total. The fourth-order valence-electron chi connectivity index (χ4n) is 5.08. The Kier molecular flexibility index (Phi) is 5.06. The summed E-state index contributed by atoms with van der Waals surface area (Å²) in [5.74, 6) is 1.68. The summed E-state index contributed by atoms with van der Waals surface area (Å²) in [5, 5.41) is 0. The van der Waals surface area contributed by atoms with Crippen molar-refractivity contribution in [2.24, 2.45) is 5.92 Å². The van der Waals surface area contributed by atoms with Gasteiger partial charge in [-0.15, -0.1) is 0 Å². The number of morpholine rings is 1. The lowest BCUT2D eigenvalue weighted by atomic mass is 9.81. The van der Waals surface area contributed by atoms with Crippen molar-refractivity contribution in [2.45, 2.75) is 51.3 Å². The SMILES string of the molecule is CCN1C(=O)CO[C@H]2C[C@@H](C(=O)N3CCc4oc(-c5ccccc5)nc4C3)CC[C@@H]21. The molecular weight excluding hydrogens is 382 g/mol. The molecule has 2 fully saturated rings. The summed E-state index contributed by atoms with van der Waals surface area (Å²) in [4.78, 5) is 33.8. The first-order valence-electron chi connectivity index (χ1n) is 10.9. The van der Waals surface area contributed by atoms with Crippen molar-refractivity contribution in [1.29, 1.82) is 0 Å². The third-order valence-electron chi connectivity index (χ3n) is 6.65. The summed E-state index contributed by atoms with van der Waals surface area (Å²) in [6.07, 6.45) is 2.95. The molecule has 2 aromatic rings. The van der Waals surface area contributed by atoms with E-state index in [1.54, 1.807) is 0 Å². The Balaban J connectivity index is 1.26. The van der Waals surface area contributed by atoms with E-state index in [1.165, 1.54) is 0 Å². The van der Waals surface area contributed by atoms with Crippen molar-refractivity contribution in [3.8, 4) is 11.5 Å². The Hall–Kier alpha value is -2.67. The Morgan fingerprint density at radius 1 is 1.23 bits per heavy atom. The monoisotopic (exact) mass is 409 g/mol. The molecule has 30 heavy (non-hydrogen) atoms. The minimum absolute atomic E-state index is 0.0394. The standard InChI is InChI=1S/C23H27N3O4/c1-2-26-18-9-8-16(12-20(18)29-14-21(26)27)23(28)25-11-10-19-17(13-25)24-22(30-19)15-6-4-3-5-7-15/h3-7,16,18,20H,2,8-14H2,1H3/t16-,18-,20-/m0/s1. The highest BCUT2D eigenvalue weighted by molar-refractivity contribution is 5.80. The van der Waals surface area contributed by atoms with Crippen LogP contribution in [0.1, 0.15) is 37.6 Å². The summed E-state index contributed by atoms with van der Waals surface area (Å²) in [6.45, 7) is 3.98. The fraction of sp³-hybridized carbons (Fsp3) is 0.522. The van der Waals surface area contributed by atoms with Gasteiger partial charge in [0.2, 0.25) is 17.7 Å². The number of hydrogen-bond donors (Lipinski definition) is 0. The van der Waals surface area contributed by atoms with E-state index in [0.717, 1.165) is 29.9 Å². The van der Waals surface area contributed by atoms with Crippen LogP contribution < -0.4 is 0 Å². The molecular formula is C23H27N3O4. The Morgan fingerprint density at radius 3 is 2.87 bits per heavy atom. The molecule has 7 heteroatoms. The van der Waals surface area contributed by atoms with Crippen LogP contribution in [0.15, 0.2) is 34.7 Å². The van der Waals surface area contributed by atoms with Crippen LogP contribution in [0.25, 0.3) is 11.5 Å². The second-order valence-corrected chi connectivity index (χ2v) is 8.37. The van der Waals surface area contributed by atoms with Gasteiger partial charge in [0, 0.05) is 31.0 Å². The summed E-state index contributed by atoms with van der Waals surface area (Å²) in [6, 6.07) is 9.96. The number of rotatable bonds is 3. The number of oxazole rings is 1. The zero-order valence-corrected chi connectivity index (χ0v) is 17.3. The highest BCUT2D eigenvalue weighted by Crippen LogP contribution is 2.35. The molecule has 0 N–H and O–H groups in total. The number of carbonyl (C=O) groups excluding carboxylic acids is 2. The second kappa shape index (κ2) is 7.87. The van der Waals surface area contributed by atoms with Gasteiger partial charge in [-0.3, -0.25) is 9.59 Å². The van der Waals surface area contributed by atoms with Gasteiger partial charge < -0.3 is 19.0 Å². The number of aromatic nitrogens is 1. The molecule has 0 spiro atoms. The highest BCUT2D eigenvalue weighted by Gasteiger charge is 2.43. The number of ether oxygens (including phenoxy) is 1. The predicted molar refractivity (Wildman–Crippen MR) is 109 cm³/mol. The van der Waals surface area contributed by atoms with Crippen molar-refractivity contribution >= 4 is 11.8 Å². The summed E-state index contributed by atoms with van der Waals surface area (Å²) >= 11 is 0. The van der Waals surface area contributed by atoms with Crippen LogP contribution in [-0.2, 0) is 27.3 Å². The zero-order chi connectivity index (χ0) is 20.7. The zero-order valence-electron chi connectivity index (χ0n) is 17.3. The van der Waals surface area contributed by atoms with Gasteiger partial charge in [0.05, 0.1) is 18.7 Å². The molecule has 1 aromatic carbocycles. The van der Waals surface area contributed by atoms with Crippen molar-refractivity contribution in [2.75, 3.05) is 19.7 Å². The summed E-state index contributed by atoms with van der Waals surface area (Å²) < 4.78 is 11.8. The van der Waals surface area contributed by atoms with Gasteiger partial charge in [0.15, 0.2) is 0 Å². The third-order valence-corrected chi connectivity index (χ3v) is 6.65. The van der Waals surface area contributed by atoms with Gasteiger partial charge in [-0.25, -0.2) is 4.98 Å². The number of fused-ring (bicyclic) bond motifs is 2. The lowest BCUT2D eigenvalue weighted by Crippen LogP contribution is -2.57. The van der Waals surface area contributed by atoms with Gasteiger partial charge in [-0.2, -0.15) is 0 Å². The lowest BCUT2D eigenvalue weighted by molar-refractivity contribution is -0.164. The number of amides is 2. The highest BCUT2D eigenvalue weighted by atomic mass is 16.5. The maximum atomic E-state index is 13.3. The number of benzene rings is 1. The van der Waals surface area contributed by atoms with E-state index in [9.17, 15) is 9.59 Å². The average Bonchev–Trinajstić information content (AvgIpc) is 3.22. The largest absolute Gasteiger partial charge is 0.441 e. The van der Waals surface area contributed by atoms with E-state index < -0.39 is 0 Å². The molecule has 3 atom stereocenters. The van der Waals surface area contributed by atoms with Crippen LogP contribution in [0.4, 0.5) is 0 Å². The molecule has 2 aliphatic heterocycles. The Labute approximate surface area is 176 Å². The van der Waals surface area contributed by atoms with Gasteiger partial charge in [0.25, 0.3) is 0 Å². The predicted octanol–water partition coefficient (Wildman–Crippen LogP) is 2.64. The lowest BCUT2D eigenvalue weighted by Gasteiger charge is -2.45. The summed E-state index contributed by atoms with van der Waals surface area (Å²) in [5.41, 5.74) is 1.81. The number of likely N-dealkylation sites (N-methyl/N-ethyl adjacent to an activating group) is 1. The molecule has 5 rings (SSSR count). The number of nitrogens with zero attached hydrogens (tertiary/aromatic N) is 3. The molecule has 3 aliphatic rings. The molecule has 1 saturated heterocycles. The van der Waals surface area contributed by atoms with E-state index in [1.807, 2.05) is 47.1 Å². The van der Waals surface area contributed by atoms with E-state index >= 15 is 0 Å². The van der Waals surface area contributed by atoms with Crippen LogP contribution in [0.5, 0.6) is 0 Å². The van der Waals surface area contributed by atoms with E-state index in [-0.39, 0.29) is 36.5 Å². The minimum atomic E-state index is -0.0554. The van der Waals surface area contributed by atoms with Gasteiger partial charge in [0.1, 0.15) is 18.1 Å². The molecule has 1 aliphatic carbocycles. The van der Waals surface area contributed by atoms with Gasteiger partial charge in [-0.05, 0) is 38.3 Å². The molecule has 2 amide bonds. The van der Waals surface area contributed by atoms with Crippen LogP contribution in [-0.4, -0.2) is 58.4 Å². The third kappa shape index (κ3) is 3.41. The number of hydrogen-bond acceptors (Lipinski definition) is 5. The van der Waals surface area contributed by atoms with E-state index in [4.69, 9.17) is 9.15 Å². The Bertz CT molecular complexity index is 941. The van der Waals surface area contributed by atoms with Crippen molar-refractivity contribution in [3.63, 3.8) is 0 Å². The topological polar surface area (TPSA) is 75.9 Å². The Morgan fingerprint density at radius 2 is 2.07 bits per heavy atom. The molecule has 158 valence electrons. The quantitative estimate of drug-likeness (QED) is 0.779.